The molecule has 0 nitrogen and oxygen atoms in total. The summed E-state index contributed by atoms with van der Waals surface area (Å²) in [6.07, 6.45) is 4.74. The molecule has 0 saturated heterocycles. The quantitative estimate of drug-likeness (QED) is 0.687. The predicted octanol–water partition coefficient (Wildman–Crippen LogP) is 5.49. The maximum atomic E-state index is 13.1. The molecule has 20 heavy (non-hydrogen) atoms. The van der Waals surface area contributed by atoms with Gasteiger partial charge in [-0.05, 0) is 71.6 Å². The minimum absolute atomic E-state index is 0.164. The van der Waals surface area contributed by atoms with Crippen molar-refractivity contribution in [2.24, 2.45) is 0 Å². The summed E-state index contributed by atoms with van der Waals surface area (Å²) < 4.78 is 13.1. The van der Waals surface area contributed by atoms with Gasteiger partial charge in [0.15, 0.2) is 0 Å². The van der Waals surface area contributed by atoms with E-state index in [4.69, 9.17) is 0 Å². The van der Waals surface area contributed by atoms with Crippen molar-refractivity contribution in [3.63, 3.8) is 0 Å². The van der Waals surface area contributed by atoms with Crippen molar-refractivity contribution in [3.05, 3.63) is 58.9 Å². The summed E-state index contributed by atoms with van der Waals surface area (Å²) in [5.74, 6) is 0.550. The molecule has 0 radical (unpaired) electrons. The number of benzene rings is 2. The monoisotopic (exact) mass is 268 g/mol. The molecular formula is C19H21F. The van der Waals surface area contributed by atoms with Crippen molar-refractivity contribution in [2.75, 3.05) is 0 Å². The topological polar surface area (TPSA) is 0 Å². The van der Waals surface area contributed by atoms with E-state index in [0.29, 0.717) is 5.92 Å². The van der Waals surface area contributed by atoms with Crippen LogP contribution in [0.3, 0.4) is 0 Å². The lowest BCUT2D eigenvalue weighted by Crippen LogP contribution is -1.97. The number of hydrogen-bond acceptors (Lipinski definition) is 0. The smallest absolute Gasteiger partial charge is 0.123 e. The molecule has 0 heterocycles. The fourth-order valence-corrected chi connectivity index (χ4v) is 2.98. The zero-order valence-corrected chi connectivity index (χ0v) is 12.2. The van der Waals surface area contributed by atoms with Gasteiger partial charge in [-0.3, -0.25) is 0 Å². The lowest BCUT2D eigenvalue weighted by atomic mass is 9.90. The third-order valence-corrected chi connectivity index (χ3v) is 4.31. The zero-order chi connectivity index (χ0) is 14.1. The zero-order valence-electron chi connectivity index (χ0n) is 12.2. The Morgan fingerprint density at radius 1 is 0.950 bits per heavy atom. The molecule has 2 aromatic rings. The molecule has 0 aliphatic heterocycles. The van der Waals surface area contributed by atoms with Gasteiger partial charge in [0.2, 0.25) is 0 Å². The van der Waals surface area contributed by atoms with Gasteiger partial charge in [-0.15, -0.1) is 0 Å². The second-order valence-corrected chi connectivity index (χ2v) is 5.70. The lowest BCUT2D eigenvalue weighted by Gasteiger charge is -2.15. The first-order chi connectivity index (χ1) is 9.72. The van der Waals surface area contributed by atoms with Crippen LogP contribution in [-0.4, -0.2) is 0 Å². The minimum atomic E-state index is -0.164. The first-order valence-electron chi connectivity index (χ1n) is 7.64. The van der Waals surface area contributed by atoms with E-state index >= 15 is 0 Å². The minimum Gasteiger partial charge on any atom is -0.207 e. The third kappa shape index (κ3) is 2.49. The molecule has 1 heteroatoms. The van der Waals surface area contributed by atoms with Crippen LogP contribution in [0.4, 0.5) is 4.39 Å². The van der Waals surface area contributed by atoms with Crippen molar-refractivity contribution >= 4 is 0 Å². The van der Waals surface area contributed by atoms with Crippen LogP contribution < -0.4 is 0 Å². The normalized spacial score (nSPS) is 14.6. The molecular weight excluding hydrogens is 247 g/mol. The molecule has 1 aliphatic carbocycles. The van der Waals surface area contributed by atoms with Crippen LogP contribution in [-0.2, 0) is 12.8 Å². The van der Waals surface area contributed by atoms with Gasteiger partial charge in [0.05, 0.1) is 0 Å². The maximum absolute atomic E-state index is 13.1. The van der Waals surface area contributed by atoms with Gasteiger partial charge >= 0.3 is 0 Å². The number of hydrogen-bond donors (Lipinski definition) is 0. The fraction of sp³-hybridized carbons (Fsp3) is 0.368. The molecule has 2 aromatic carbocycles. The summed E-state index contributed by atoms with van der Waals surface area (Å²) in [5.41, 5.74) is 6.81. The van der Waals surface area contributed by atoms with E-state index in [1.807, 2.05) is 12.1 Å². The first kappa shape index (κ1) is 13.4. The number of aryl methyl sites for hydroxylation is 2. The first-order valence-corrected chi connectivity index (χ1v) is 7.64. The summed E-state index contributed by atoms with van der Waals surface area (Å²) in [6.45, 7) is 4.43. The van der Waals surface area contributed by atoms with Crippen molar-refractivity contribution in [1.82, 2.24) is 0 Å². The molecule has 0 spiro atoms. The number of rotatable bonds is 4. The Balaban J connectivity index is 2.14. The van der Waals surface area contributed by atoms with Crippen molar-refractivity contribution in [3.8, 4) is 11.1 Å². The van der Waals surface area contributed by atoms with E-state index in [-0.39, 0.29) is 5.82 Å². The van der Waals surface area contributed by atoms with Gasteiger partial charge in [-0.25, -0.2) is 4.39 Å². The summed E-state index contributed by atoms with van der Waals surface area (Å²) >= 11 is 0. The highest BCUT2D eigenvalue weighted by atomic mass is 19.1. The Kier molecular flexibility index (Phi) is 3.60. The van der Waals surface area contributed by atoms with E-state index in [0.717, 1.165) is 18.4 Å². The van der Waals surface area contributed by atoms with E-state index in [1.165, 1.54) is 35.1 Å². The average molecular weight is 268 g/mol. The molecule has 1 saturated carbocycles. The van der Waals surface area contributed by atoms with Gasteiger partial charge in [-0.1, -0.05) is 38.1 Å². The Morgan fingerprint density at radius 2 is 1.55 bits per heavy atom. The number of halogens is 1. The molecule has 0 amide bonds. The predicted molar refractivity (Wildman–Crippen MR) is 82.6 cm³/mol. The Bertz CT molecular complexity index is 606. The molecule has 0 aromatic heterocycles. The molecule has 0 unspecified atom stereocenters. The second kappa shape index (κ2) is 5.40. The van der Waals surface area contributed by atoms with Crippen LogP contribution in [0.15, 0.2) is 36.4 Å². The highest BCUT2D eigenvalue weighted by Gasteiger charge is 2.27. The van der Waals surface area contributed by atoms with Crippen molar-refractivity contribution in [2.45, 2.75) is 45.4 Å². The molecule has 1 fully saturated rings. The van der Waals surface area contributed by atoms with Crippen LogP contribution in [0, 0.1) is 5.82 Å². The highest BCUT2D eigenvalue weighted by molar-refractivity contribution is 5.70. The molecule has 3 rings (SSSR count). The maximum Gasteiger partial charge on any atom is 0.123 e. The van der Waals surface area contributed by atoms with E-state index in [2.05, 4.69) is 26.0 Å². The van der Waals surface area contributed by atoms with Crippen LogP contribution >= 0.6 is 0 Å². The summed E-state index contributed by atoms with van der Waals surface area (Å²) in [5, 5.41) is 0. The van der Waals surface area contributed by atoms with Gasteiger partial charge < -0.3 is 0 Å². The van der Waals surface area contributed by atoms with Crippen LogP contribution in [0.1, 0.15) is 49.3 Å². The average Bonchev–Trinajstić information content (AvgIpc) is 3.31. The Morgan fingerprint density at radius 3 is 2.10 bits per heavy atom. The largest absolute Gasteiger partial charge is 0.207 e. The van der Waals surface area contributed by atoms with E-state index < -0.39 is 0 Å². The summed E-state index contributed by atoms with van der Waals surface area (Å²) in [6, 6.07) is 11.7. The van der Waals surface area contributed by atoms with Crippen molar-refractivity contribution in [1.29, 1.82) is 0 Å². The molecule has 0 N–H and O–H groups in total. The fourth-order valence-electron chi connectivity index (χ4n) is 2.98. The van der Waals surface area contributed by atoms with Gasteiger partial charge in [0.1, 0.15) is 5.82 Å². The highest BCUT2D eigenvalue weighted by Crippen LogP contribution is 2.45. The van der Waals surface area contributed by atoms with Gasteiger partial charge in [0, 0.05) is 0 Å². The van der Waals surface area contributed by atoms with E-state index in [9.17, 15) is 4.39 Å². The SMILES string of the molecule is CCc1cc(-c2ccc(F)cc2)c(C2CC2)cc1CC. The molecule has 0 atom stereocenters. The lowest BCUT2D eigenvalue weighted by molar-refractivity contribution is 0.628. The van der Waals surface area contributed by atoms with Crippen LogP contribution in [0.5, 0.6) is 0 Å². The van der Waals surface area contributed by atoms with Gasteiger partial charge in [0.25, 0.3) is 0 Å². The molecule has 0 bridgehead atoms. The molecule has 1 aliphatic rings. The Labute approximate surface area is 120 Å². The Hall–Kier alpha value is -1.63. The second-order valence-electron chi connectivity index (χ2n) is 5.70. The van der Waals surface area contributed by atoms with Gasteiger partial charge in [-0.2, -0.15) is 0 Å². The van der Waals surface area contributed by atoms with Crippen LogP contribution in [0.2, 0.25) is 0 Å². The molecule has 104 valence electrons. The standard InChI is InChI=1S/C19H21F/c1-3-13-11-18(15-5-6-15)19(12-14(13)4-2)16-7-9-17(20)10-8-16/h7-12,15H,3-6H2,1-2H3. The van der Waals surface area contributed by atoms with Crippen molar-refractivity contribution < 1.29 is 4.39 Å². The van der Waals surface area contributed by atoms with Crippen LogP contribution in [0.25, 0.3) is 11.1 Å². The third-order valence-electron chi connectivity index (χ3n) is 4.31. The summed E-state index contributed by atoms with van der Waals surface area (Å²) in [7, 11) is 0. The summed E-state index contributed by atoms with van der Waals surface area (Å²) in [4.78, 5) is 0. The van der Waals surface area contributed by atoms with E-state index in [1.54, 1.807) is 12.1 Å².